The van der Waals surface area contributed by atoms with Gasteiger partial charge in [0.25, 0.3) is 0 Å². The van der Waals surface area contributed by atoms with Crippen molar-refractivity contribution in [2.75, 3.05) is 6.67 Å². The molecule has 2 unspecified atom stereocenters. The topological polar surface area (TPSA) is 24.1 Å². The normalized spacial score (nSPS) is 37.6. The van der Waals surface area contributed by atoms with Crippen LogP contribution in [0.15, 0.2) is 24.3 Å². The van der Waals surface area contributed by atoms with Crippen LogP contribution in [-0.2, 0) is 0 Å². The molecule has 54 valence electrons. The van der Waals surface area contributed by atoms with Gasteiger partial charge >= 0.3 is 0 Å². The monoisotopic (exact) mass is 136 g/mol. The Bertz CT molecular complexity index is 172. The van der Waals surface area contributed by atoms with Gasteiger partial charge in [-0.15, -0.1) is 0 Å². The van der Waals surface area contributed by atoms with Gasteiger partial charge in [-0.25, -0.2) is 0 Å². The molecule has 0 bridgehead atoms. The van der Waals surface area contributed by atoms with Crippen LogP contribution in [-0.4, -0.2) is 18.8 Å². The molecule has 1 aliphatic carbocycles. The minimum absolute atomic E-state index is 0.551. The predicted octanol–water partition coefficient (Wildman–Crippen LogP) is 0.390. The molecule has 2 rings (SSSR count). The molecule has 0 saturated carbocycles. The zero-order valence-electron chi connectivity index (χ0n) is 5.88. The van der Waals surface area contributed by atoms with Crippen LogP contribution in [0.4, 0.5) is 0 Å². The van der Waals surface area contributed by atoms with E-state index >= 15 is 0 Å². The minimum Gasteiger partial charge on any atom is -0.299 e. The van der Waals surface area contributed by atoms with Gasteiger partial charge in [0.05, 0.1) is 0 Å². The Balaban J connectivity index is 2.12. The van der Waals surface area contributed by atoms with Crippen molar-refractivity contribution in [3.8, 4) is 0 Å². The highest BCUT2D eigenvalue weighted by molar-refractivity contribution is 5.15. The molecule has 2 nitrogen and oxygen atoms in total. The number of nitrogens with one attached hydrogen (secondary N) is 2. The first-order valence-electron chi connectivity index (χ1n) is 3.77. The molecule has 2 heteroatoms. The van der Waals surface area contributed by atoms with Gasteiger partial charge in [-0.1, -0.05) is 24.3 Å². The zero-order valence-corrected chi connectivity index (χ0v) is 5.88. The second-order valence-electron chi connectivity index (χ2n) is 2.77. The molecular weight excluding hydrogens is 124 g/mol. The summed E-state index contributed by atoms with van der Waals surface area (Å²) in [7, 11) is 0. The molecule has 1 saturated heterocycles. The zero-order chi connectivity index (χ0) is 6.81. The molecule has 0 amide bonds. The van der Waals surface area contributed by atoms with Crippen LogP contribution < -0.4 is 10.6 Å². The van der Waals surface area contributed by atoms with Crippen LogP contribution >= 0.6 is 0 Å². The summed E-state index contributed by atoms with van der Waals surface area (Å²) in [5, 5.41) is 6.75. The lowest BCUT2D eigenvalue weighted by Gasteiger charge is -2.11. The lowest BCUT2D eigenvalue weighted by Crippen LogP contribution is -2.30. The summed E-state index contributed by atoms with van der Waals surface area (Å²) in [6.45, 7) is 0.952. The molecule has 0 aromatic carbocycles. The van der Waals surface area contributed by atoms with Crippen LogP contribution in [0.25, 0.3) is 0 Å². The Morgan fingerprint density at radius 1 is 1.20 bits per heavy atom. The largest absolute Gasteiger partial charge is 0.299 e. The predicted molar refractivity (Wildman–Crippen MR) is 41.6 cm³/mol. The van der Waals surface area contributed by atoms with Crippen molar-refractivity contribution in [1.29, 1.82) is 0 Å². The summed E-state index contributed by atoms with van der Waals surface area (Å²) >= 11 is 0. The number of rotatable bonds is 0. The van der Waals surface area contributed by atoms with Crippen molar-refractivity contribution < 1.29 is 0 Å². The molecule has 0 radical (unpaired) electrons. The van der Waals surface area contributed by atoms with Gasteiger partial charge in [0, 0.05) is 18.8 Å². The number of hydrogen-bond donors (Lipinski definition) is 2. The van der Waals surface area contributed by atoms with Crippen LogP contribution in [0.3, 0.4) is 0 Å². The highest BCUT2D eigenvalue weighted by Gasteiger charge is 2.22. The SMILES string of the molecule is C1=CCC2NCNC2C=C1. The molecule has 0 spiro atoms. The fourth-order valence-electron chi connectivity index (χ4n) is 1.50. The van der Waals surface area contributed by atoms with E-state index in [-0.39, 0.29) is 0 Å². The van der Waals surface area contributed by atoms with E-state index in [2.05, 4.69) is 34.9 Å². The lowest BCUT2D eigenvalue weighted by molar-refractivity contribution is 0.586. The third-order valence-electron chi connectivity index (χ3n) is 2.09. The molecule has 0 aromatic heterocycles. The maximum absolute atomic E-state index is 3.38. The average molecular weight is 136 g/mol. The van der Waals surface area contributed by atoms with Crippen molar-refractivity contribution in [1.82, 2.24) is 10.6 Å². The lowest BCUT2D eigenvalue weighted by atomic mass is 10.1. The van der Waals surface area contributed by atoms with Crippen LogP contribution in [0.1, 0.15) is 6.42 Å². The molecule has 0 aromatic rings. The van der Waals surface area contributed by atoms with Gasteiger partial charge in [-0.2, -0.15) is 0 Å². The van der Waals surface area contributed by atoms with Crippen LogP contribution in [0.2, 0.25) is 0 Å². The molecule has 2 aliphatic rings. The fourth-order valence-corrected chi connectivity index (χ4v) is 1.50. The first-order chi connectivity index (χ1) is 4.97. The van der Waals surface area contributed by atoms with Gasteiger partial charge in [-0.05, 0) is 6.42 Å². The quantitative estimate of drug-likeness (QED) is 0.503. The van der Waals surface area contributed by atoms with Crippen molar-refractivity contribution in [2.45, 2.75) is 18.5 Å². The molecule has 1 aliphatic heterocycles. The molecule has 2 N–H and O–H groups in total. The Morgan fingerprint density at radius 3 is 3.20 bits per heavy atom. The van der Waals surface area contributed by atoms with E-state index in [1.807, 2.05) is 0 Å². The molecule has 1 heterocycles. The van der Waals surface area contributed by atoms with Crippen molar-refractivity contribution in [2.24, 2.45) is 0 Å². The standard InChI is InChI=1S/C8H12N2/c1-2-4-7-8(5-3-1)10-6-9-7/h1-4,7-10H,5-6H2. The molecule has 10 heavy (non-hydrogen) atoms. The van der Waals surface area contributed by atoms with E-state index in [4.69, 9.17) is 0 Å². The van der Waals surface area contributed by atoms with Gasteiger partial charge < -0.3 is 0 Å². The van der Waals surface area contributed by atoms with E-state index in [1.54, 1.807) is 0 Å². The number of hydrogen-bond acceptors (Lipinski definition) is 2. The molecular formula is C8H12N2. The Hall–Kier alpha value is -0.600. The van der Waals surface area contributed by atoms with E-state index in [1.165, 1.54) is 0 Å². The first kappa shape index (κ1) is 6.13. The van der Waals surface area contributed by atoms with E-state index in [9.17, 15) is 0 Å². The maximum atomic E-state index is 3.38. The second-order valence-corrected chi connectivity index (χ2v) is 2.77. The smallest absolute Gasteiger partial charge is 0.0462 e. The van der Waals surface area contributed by atoms with Crippen LogP contribution in [0.5, 0.6) is 0 Å². The minimum atomic E-state index is 0.551. The highest BCUT2D eigenvalue weighted by atomic mass is 15.2. The van der Waals surface area contributed by atoms with Gasteiger partial charge in [0.1, 0.15) is 0 Å². The first-order valence-corrected chi connectivity index (χ1v) is 3.77. The Morgan fingerprint density at radius 2 is 2.20 bits per heavy atom. The Kier molecular flexibility index (Phi) is 1.57. The summed E-state index contributed by atoms with van der Waals surface area (Å²) in [6.07, 6.45) is 9.80. The summed E-state index contributed by atoms with van der Waals surface area (Å²) in [6, 6.07) is 1.17. The summed E-state index contributed by atoms with van der Waals surface area (Å²) in [5.41, 5.74) is 0. The van der Waals surface area contributed by atoms with Gasteiger partial charge in [0.2, 0.25) is 0 Å². The molecule has 1 fully saturated rings. The fraction of sp³-hybridized carbons (Fsp3) is 0.500. The molecule has 2 atom stereocenters. The van der Waals surface area contributed by atoms with E-state index in [0.717, 1.165) is 13.1 Å². The van der Waals surface area contributed by atoms with Crippen molar-refractivity contribution in [3.05, 3.63) is 24.3 Å². The number of fused-ring (bicyclic) bond motifs is 1. The second kappa shape index (κ2) is 2.56. The maximum Gasteiger partial charge on any atom is 0.0462 e. The Labute approximate surface area is 61.0 Å². The third kappa shape index (κ3) is 1.00. The average Bonchev–Trinajstić information content (AvgIpc) is 2.28. The highest BCUT2D eigenvalue weighted by Crippen LogP contribution is 2.09. The summed E-state index contributed by atoms with van der Waals surface area (Å²) in [4.78, 5) is 0. The van der Waals surface area contributed by atoms with Crippen molar-refractivity contribution in [3.63, 3.8) is 0 Å². The van der Waals surface area contributed by atoms with Crippen LogP contribution in [0, 0.1) is 0 Å². The third-order valence-corrected chi connectivity index (χ3v) is 2.09. The van der Waals surface area contributed by atoms with Crippen molar-refractivity contribution >= 4 is 0 Å². The van der Waals surface area contributed by atoms with E-state index in [0.29, 0.717) is 12.1 Å². The number of allylic oxidation sites excluding steroid dienone is 2. The van der Waals surface area contributed by atoms with E-state index < -0.39 is 0 Å². The summed E-state index contributed by atoms with van der Waals surface area (Å²) in [5.74, 6) is 0. The van der Waals surface area contributed by atoms with Gasteiger partial charge in [-0.3, -0.25) is 10.6 Å². The van der Waals surface area contributed by atoms with Gasteiger partial charge in [0.15, 0.2) is 0 Å². The summed E-state index contributed by atoms with van der Waals surface area (Å²) < 4.78 is 0.